The third kappa shape index (κ3) is 8.12. The van der Waals surface area contributed by atoms with Crippen LogP contribution in [0.25, 0.3) is 16.8 Å². The zero-order chi connectivity index (χ0) is 30.0. The van der Waals surface area contributed by atoms with Gasteiger partial charge in [0.15, 0.2) is 0 Å². The second-order valence-corrected chi connectivity index (χ2v) is 10.6. The van der Waals surface area contributed by atoms with E-state index in [1.807, 2.05) is 66.7 Å². The number of hydrogen-bond acceptors (Lipinski definition) is 5. The maximum absolute atomic E-state index is 13.3. The number of rotatable bonds is 10. The molecule has 43 heavy (non-hydrogen) atoms. The summed E-state index contributed by atoms with van der Waals surface area (Å²) >= 11 is 1.39. The van der Waals surface area contributed by atoms with Gasteiger partial charge in [0.1, 0.15) is 11.4 Å². The van der Waals surface area contributed by atoms with Crippen molar-refractivity contribution >= 4 is 57.7 Å². The van der Waals surface area contributed by atoms with Gasteiger partial charge in [-0.2, -0.15) is 0 Å². The van der Waals surface area contributed by atoms with Crippen molar-refractivity contribution in [2.24, 2.45) is 0 Å². The summed E-state index contributed by atoms with van der Waals surface area (Å²) in [5.41, 5.74) is 2.48. The Bertz CT molecular complexity index is 1790. The van der Waals surface area contributed by atoms with Crippen molar-refractivity contribution in [2.75, 3.05) is 23.5 Å². The highest BCUT2D eigenvalue weighted by atomic mass is 32.2. The number of carbonyl (C=O) groups is 3. The number of carbonyl (C=O) groups excluding carboxylic acids is 3. The second-order valence-electron chi connectivity index (χ2n) is 9.53. The summed E-state index contributed by atoms with van der Waals surface area (Å²) in [5.74, 6) is -0.140. The van der Waals surface area contributed by atoms with Crippen LogP contribution >= 0.6 is 11.8 Å². The van der Waals surface area contributed by atoms with Crippen molar-refractivity contribution in [2.45, 2.75) is 4.90 Å². The zero-order valence-corrected chi connectivity index (χ0v) is 24.2. The van der Waals surface area contributed by atoms with Crippen LogP contribution in [-0.4, -0.2) is 30.6 Å². The van der Waals surface area contributed by atoms with Crippen LogP contribution < -0.4 is 20.7 Å². The maximum Gasteiger partial charge on any atom is 0.272 e. The van der Waals surface area contributed by atoms with Gasteiger partial charge in [-0.05, 0) is 83.1 Å². The van der Waals surface area contributed by atoms with E-state index in [1.165, 1.54) is 11.8 Å². The predicted octanol–water partition coefficient (Wildman–Crippen LogP) is 6.99. The Morgan fingerprint density at radius 1 is 0.721 bits per heavy atom. The van der Waals surface area contributed by atoms with Crippen LogP contribution in [-0.2, 0) is 9.59 Å². The molecule has 0 radical (unpaired) electrons. The molecule has 8 heteroatoms. The van der Waals surface area contributed by atoms with Crippen molar-refractivity contribution in [3.8, 4) is 5.75 Å². The lowest BCUT2D eigenvalue weighted by molar-refractivity contribution is -0.114. The average Bonchev–Trinajstić information content (AvgIpc) is 3.04. The van der Waals surface area contributed by atoms with Gasteiger partial charge in [0, 0.05) is 21.8 Å². The third-order valence-electron chi connectivity index (χ3n) is 6.45. The van der Waals surface area contributed by atoms with E-state index < -0.39 is 11.8 Å². The first-order valence-electron chi connectivity index (χ1n) is 13.5. The Kier molecular flexibility index (Phi) is 9.51. The summed E-state index contributed by atoms with van der Waals surface area (Å²) in [5, 5.41) is 10.7. The van der Waals surface area contributed by atoms with E-state index in [9.17, 15) is 14.4 Å². The highest BCUT2D eigenvalue weighted by molar-refractivity contribution is 8.00. The highest BCUT2D eigenvalue weighted by Gasteiger charge is 2.15. The molecule has 0 aromatic heterocycles. The molecule has 0 saturated carbocycles. The molecular formula is C35H29N3O4S. The number of ether oxygens (including phenoxy) is 1. The number of methoxy groups -OCH3 is 1. The second kappa shape index (κ2) is 14.0. The number of anilines is 2. The molecule has 0 aliphatic carbocycles. The van der Waals surface area contributed by atoms with E-state index >= 15 is 0 Å². The van der Waals surface area contributed by atoms with Crippen molar-refractivity contribution in [1.82, 2.24) is 5.32 Å². The molecule has 3 N–H and O–H groups in total. The number of thioether (sulfide) groups is 1. The first-order chi connectivity index (χ1) is 21.0. The molecule has 0 atom stereocenters. The fourth-order valence-electron chi connectivity index (χ4n) is 4.29. The minimum atomic E-state index is -0.484. The molecule has 0 aliphatic heterocycles. The summed E-state index contributed by atoms with van der Waals surface area (Å²) in [4.78, 5) is 39.6. The van der Waals surface area contributed by atoms with E-state index in [0.717, 1.165) is 21.4 Å². The van der Waals surface area contributed by atoms with Crippen LogP contribution in [0.2, 0.25) is 0 Å². The topological polar surface area (TPSA) is 96.5 Å². The average molecular weight is 588 g/mol. The first-order valence-corrected chi connectivity index (χ1v) is 14.5. The van der Waals surface area contributed by atoms with Crippen LogP contribution in [0.5, 0.6) is 5.75 Å². The Morgan fingerprint density at radius 2 is 1.44 bits per heavy atom. The molecule has 5 rings (SSSR count). The van der Waals surface area contributed by atoms with Gasteiger partial charge in [0.25, 0.3) is 11.8 Å². The molecule has 3 amide bonds. The van der Waals surface area contributed by atoms with Gasteiger partial charge in [0.2, 0.25) is 5.91 Å². The minimum Gasteiger partial charge on any atom is -0.497 e. The van der Waals surface area contributed by atoms with Crippen LogP contribution in [0.1, 0.15) is 15.9 Å². The molecular weight excluding hydrogens is 558 g/mol. The van der Waals surface area contributed by atoms with Crippen molar-refractivity contribution in [3.63, 3.8) is 0 Å². The maximum atomic E-state index is 13.3. The summed E-state index contributed by atoms with van der Waals surface area (Å²) in [6, 6.07) is 36.8. The molecule has 214 valence electrons. The number of hydrogen-bond donors (Lipinski definition) is 3. The van der Waals surface area contributed by atoms with Crippen LogP contribution in [0.15, 0.2) is 132 Å². The van der Waals surface area contributed by atoms with Gasteiger partial charge in [-0.3, -0.25) is 14.4 Å². The minimum absolute atomic E-state index is 0.0749. The molecule has 0 fully saturated rings. The van der Waals surface area contributed by atoms with Gasteiger partial charge in [0.05, 0.1) is 12.9 Å². The van der Waals surface area contributed by atoms with E-state index in [0.29, 0.717) is 22.6 Å². The van der Waals surface area contributed by atoms with Gasteiger partial charge in [-0.1, -0.05) is 60.7 Å². The number of amides is 3. The fraction of sp³-hybridized carbons (Fsp3) is 0.0571. The number of fused-ring (bicyclic) bond motifs is 1. The Balaban J connectivity index is 1.22. The van der Waals surface area contributed by atoms with Crippen molar-refractivity contribution in [1.29, 1.82) is 0 Å². The smallest absolute Gasteiger partial charge is 0.272 e. The monoisotopic (exact) mass is 587 g/mol. The highest BCUT2D eigenvalue weighted by Crippen LogP contribution is 2.23. The number of nitrogens with one attached hydrogen (secondary N) is 3. The van der Waals surface area contributed by atoms with Crippen molar-refractivity contribution in [3.05, 3.63) is 138 Å². The molecule has 7 nitrogen and oxygen atoms in total. The van der Waals surface area contributed by atoms with Crippen molar-refractivity contribution < 1.29 is 19.1 Å². The van der Waals surface area contributed by atoms with Crippen LogP contribution in [0, 0.1) is 0 Å². The van der Waals surface area contributed by atoms with E-state index in [4.69, 9.17) is 4.74 Å². The van der Waals surface area contributed by atoms with Gasteiger partial charge in [-0.25, -0.2) is 0 Å². The molecule has 0 heterocycles. The molecule has 0 aliphatic rings. The standard InChI is InChI=1S/C35H29N3O4S/c1-42-30-13-7-8-24(20-30)21-32(38-34(40)26-10-3-2-4-11-26)35(41)37-28-16-18-31(19-17-28)43-23-33(39)36-29-15-14-25-9-5-6-12-27(25)22-29/h2-22H,23H2,1H3,(H,36,39)(H,37,41)(H,38,40)/b32-21-. The summed E-state index contributed by atoms with van der Waals surface area (Å²) in [6.07, 6.45) is 1.59. The molecule has 5 aromatic carbocycles. The summed E-state index contributed by atoms with van der Waals surface area (Å²) in [6.45, 7) is 0. The Labute approximate surface area is 254 Å². The van der Waals surface area contributed by atoms with Gasteiger partial charge in [-0.15, -0.1) is 11.8 Å². The van der Waals surface area contributed by atoms with Crippen LogP contribution in [0.4, 0.5) is 11.4 Å². The fourth-order valence-corrected chi connectivity index (χ4v) is 4.98. The van der Waals surface area contributed by atoms with E-state index in [2.05, 4.69) is 16.0 Å². The largest absolute Gasteiger partial charge is 0.497 e. The lowest BCUT2D eigenvalue weighted by Crippen LogP contribution is -2.30. The molecule has 0 saturated heterocycles. The van der Waals surface area contributed by atoms with E-state index in [1.54, 1.807) is 67.8 Å². The normalized spacial score (nSPS) is 11.0. The van der Waals surface area contributed by atoms with E-state index in [-0.39, 0.29) is 17.4 Å². The third-order valence-corrected chi connectivity index (χ3v) is 7.46. The molecule has 0 unspecified atom stereocenters. The summed E-state index contributed by atoms with van der Waals surface area (Å²) < 4.78 is 5.29. The van der Waals surface area contributed by atoms with Crippen LogP contribution in [0.3, 0.4) is 0 Å². The SMILES string of the molecule is COc1cccc(/C=C(\NC(=O)c2ccccc2)C(=O)Nc2ccc(SCC(=O)Nc3ccc4ccccc4c3)cc2)c1. The molecule has 0 spiro atoms. The predicted molar refractivity (Wildman–Crippen MR) is 173 cm³/mol. The van der Waals surface area contributed by atoms with Gasteiger partial charge < -0.3 is 20.7 Å². The number of benzene rings is 5. The lowest BCUT2D eigenvalue weighted by atomic mass is 10.1. The molecule has 0 bridgehead atoms. The van der Waals surface area contributed by atoms with Gasteiger partial charge >= 0.3 is 0 Å². The summed E-state index contributed by atoms with van der Waals surface area (Å²) in [7, 11) is 1.56. The molecule has 5 aromatic rings. The quantitative estimate of drug-likeness (QED) is 0.121. The first kappa shape index (κ1) is 29.2. The Morgan fingerprint density at radius 3 is 2.21 bits per heavy atom. The lowest BCUT2D eigenvalue weighted by Gasteiger charge is -2.12. The Hall–Kier alpha value is -5.34. The zero-order valence-electron chi connectivity index (χ0n) is 23.4.